The van der Waals surface area contributed by atoms with Gasteiger partial charge in [0.1, 0.15) is 5.76 Å². The predicted octanol–water partition coefficient (Wildman–Crippen LogP) is 3.59. The zero-order valence-corrected chi connectivity index (χ0v) is 19.7. The van der Waals surface area contributed by atoms with Crippen molar-refractivity contribution in [1.29, 1.82) is 0 Å². The molecule has 29 heavy (non-hydrogen) atoms. The first-order valence-corrected chi connectivity index (χ1v) is 11.4. The highest BCUT2D eigenvalue weighted by atomic mass is 79.9. The van der Waals surface area contributed by atoms with Crippen LogP contribution in [0.1, 0.15) is 32.8 Å². The van der Waals surface area contributed by atoms with Crippen LogP contribution >= 0.6 is 15.9 Å². The van der Waals surface area contributed by atoms with E-state index < -0.39 is 10.1 Å². The van der Waals surface area contributed by atoms with Gasteiger partial charge in [-0.25, -0.2) is 4.99 Å². The summed E-state index contributed by atoms with van der Waals surface area (Å²) in [5.41, 5.74) is 12.8. The lowest BCUT2D eigenvalue weighted by molar-refractivity contribution is 0.186. The molecule has 0 fully saturated rings. The summed E-state index contributed by atoms with van der Waals surface area (Å²) >= 11 is 3.50. The maximum atomic E-state index is 12.1. The lowest BCUT2D eigenvalue weighted by Gasteiger charge is -2.12. The van der Waals surface area contributed by atoms with Crippen molar-refractivity contribution >= 4 is 32.0 Å². The van der Waals surface area contributed by atoms with Gasteiger partial charge in [0.05, 0.1) is 29.1 Å². The van der Waals surface area contributed by atoms with Crippen molar-refractivity contribution in [3.05, 3.63) is 51.7 Å². The molecule has 0 radical (unpaired) electrons. The Morgan fingerprint density at radius 1 is 1.21 bits per heavy atom. The Labute approximate surface area is 182 Å². The third-order valence-corrected chi connectivity index (χ3v) is 6.10. The minimum absolute atomic E-state index is 0.0404. The molecule has 7 nitrogen and oxygen atoms in total. The van der Waals surface area contributed by atoms with Gasteiger partial charge in [-0.2, -0.15) is 8.42 Å². The highest BCUT2D eigenvalue weighted by Crippen LogP contribution is 2.21. The van der Waals surface area contributed by atoms with E-state index in [9.17, 15) is 8.42 Å². The first-order chi connectivity index (χ1) is 13.5. The fraction of sp³-hybridized carbons (Fsp3) is 0.450. The molecule has 1 aromatic carbocycles. The number of hydrogen-bond acceptors (Lipinski definition) is 5. The number of aliphatic imine (C=N–C) groups is 1. The number of rotatable bonds is 11. The summed E-state index contributed by atoms with van der Waals surface area (Å²) in [7, 11) is -3.75. The van der Waals surface area contributed by atoms with Crippen LogP contribution in [-0.4, -0.2) is 34.1 Å². The normalized spacial score (nSPS) is 13.2. The first-order valence-electron chi connectivity index (χ1n) is 9.24. The average molecular weight is 488 g/mol. The van der Waals surface area contributed by atoms with E-state index in [1.807, 2.05) is 19.9 Å². The molecule has 0 bridgehead atoms. The van der Waals surface area contributed by atoms with Gasteiger partial charge in [-0.1, -0.05) is 31.5 Å². The quantitative estimate of drug-likeness (QED) is 0.123. The Hall–Kier alpha value is -1.84. The van der Waals surface area contributed by atoms with Crippen molar-refractivity contribution in [2.45, 2.75) is 39.0 Å². The number of hydrogen-bond donors (Lipinski definition) is 2. The van der Waals surface area contributed by atoms with Crippen LogP contribution in [0.2, 0.25) is 0 Å². The Bertz CT molecular complexity index is 856. The fourth-order valence-electron chi connectivity index (χ4n) is 2.14. The molecule has 0 aliphatic heterocycles. The van der Waals surface area contributed by atoms with Crippen molar-refractivity contribution in [2.75, 3.05) is 19.8 Å². The topological polar surface area (TPSA) is 117 Å². The number of ether oxygens (including phenoxy) is 1. The molecular formula is C20H30BrN3O4S. The number of aryl methyl sites for hydroxylation is 1. The van der Waals surface area contributed by atoms with Crippen molar-refractivity contribution in [3.8, 4) is 0 Å². The van der Waals surface area contributed by atoms with Crippen molar-refractivity contribution in [2.24, 2.45) is 22.4 Å². The molecule has 0 heterocycles. The zero-order valence-electron chi connectivity index (χ0n) is 17.3. The number of allylic oxidation sites excluding steroid dienone is 3. The predicted molar refractivity (Wildman–Crippen MR) is 120 cm³/mol. The van der Waals surface area contributed by atoms with Crippen molar-refractivity contribution in [3.63, 3.8) is 0 Å². The zero-order chi connectivity index (χ0) is 22.0. The maximum Gasteiger partial charge on any atom is 0.296 e. The van der Waals surface area contributed by atoms with Gasteiger partial charge < -0.3 is 16.2 Å². The molecule has 1 aromatic rings. The van der Waals surface area contributed by atoms with Gasteiger partial charge in [0, 0.05) is 6.42 Å². The summed E-state index contributed by atoms with van der Waals surface area (Å²) < 4.78 is 35.8. The van der Waals surface area contributed by atoms with Gasteiger partial charge in [-0.05, 0) is 59.5 Å². The fourth-order valence-corrected chi connectivity index (χ4v) is 3.49. The van der Waals surface area contributed by atoms with E-state index in [4.69, 9.17) is 20.4 Å². The van der Waals surface area contributed by atoms with E-state index in [1.54, 1.807) is 12.1 Å². The van der Waals surface area contributed by atoms with Crippen LogP contribution in [0, 0.1) is 12.8 Å². The number of nitrogens with zero attached hydrogens (tertiary/aromatic N) is 1. The van der Waals surface area contributed by atoms with Crippen LogP contribution in [0.4, 0.5) is 0 Å². The molecule has 0 unspecified atom stereocenters. The second-order valence-corrected chi connectivity index (χ2v) is 9.28. The molecule has 0 amide bonds. The van der Waals surface area contributed by atoms with Crippen LogP contribution in [0.15, 0.2) is 56.0 Å². The first kappa shape index (κ1) is 25.2. The molecule has 1 rings (SSSR count). The third-order valence-electron chi connectivity index (χ3n) is 3.99. The largest absolute Gasteiger partial charge is 0.497 e. The molecule has 0 atom stereocenters. The molecule has 9 heteroatoms. The van der Waals surface area contributed by atoms with Crippen LogP contribution in [-0.2, 0) is 19.0 Å². The van der Waals surface area contributed by atoms with E-state index in [-0.39, 0.29) is 23.4 Å². The molecule has 0 saturated heterocycles. The summed E-state index contributed by atoms with van der Waals surface area (Å²) in [5, 5.41) is 0. The Morgan fingerprint density at radius 2 is 1.83 bits per heavy atom. The molecular weight excluding hydrogens is 458 g/mol. The lowest BCUT2D eigenvalue weighted by Crippen LogP contribution is -2.23. The number of halogens is 1. The molecule has 4 N–H and O–H groups in total. The van der Waals surface area contributed by atoms with Crippen molar-refractivity contribution in [1.82, 2.24) is 0 Å². The summed E-state index contributed by atoms with van der Waals surface area (Å²) in [6.07, 6.45) is 2.36. The van der Waals surface area contributed by atoms with Gasteiger partial charge in [0.2, 0.25) is 0 Å². The minimum Gasteiger partial charge on any atom is -0.497 e. The second-order valence-electron chi connectivity index (χ2n) is 6.81. The van der Waals surface area contributed by atoms with Gasteiger partial charge in [0.25, 0.3) is 10.1 Å². The van der Waals surface area contributed by atoms with Crippen LogP contribution in [0.5, 0.6) is 0 Å². The van der Waals surface area contributed by atoms with Crippen molar-refractivity contribution < 1.29 is 17.3 Å². The lowest BCUT2D eigenvalue weighted by atomic mass is 10.0. The highest BCUT2D eigenvalue weighted by molar-refractivity contribution is 9.11. The summed E-state index contributed by atoms with van der Waals surface area (Å²) in [6.45, 7) is 8.59. The van der Waals surface area contributed by atoms with Gasteiger partial charge >= 0.3 is 0 Å². The van der Waals surface area contributed by atoms with Gasteiger partial charge in [-0.15, -0.1) is 0 Å². The molecule has 0 aromatic heterocycles. The smallest absolute Gasteiger partial charge is 0.296 e. The van der Waals surface area contributed by atoms with Crippen LogP contribution in [0.25, 0.3) is 0 Å². The Balaban J connectivity index is 2.56. The SMILES string of the molecule is C/C(OCCCOS(=O)(=O)c1ccc(C)cc1)=C(Br)\C=C(\CN=C(N)N)C(C)C. The molecule has 0 spiro atoms. The standard InChI is InChI=1S/C20H30BrN3O4S/c1-14(2)17(13-24-20(22)23)12-19(21)16(4)27-10-5-11-28-29(25,26)18-8-6-15(3)7-9-18/h6-9,12,14H,5,10-11,13H2,1-4H3,(H4,22,23,24)/b17-12-,19-16-. The Morgan fingerprint density at radius 3 is 2.38 bits per heavy atom. The highest BCUT2D eigenvalue weighted by Gasteiger charge is 2.14. The van der Waals surface area contributed by atoms with E-state index in [0.717, 1.165) is 15.6 Å². The van der Waals surface area contributed by atoms with Gasteiger partial charge in [-0.3, -0.25) is 4.18 Å². The monoisotopic (exact) mass is 487 g/mol. The van der Waals surface area contributed by atoms with E-state index >= 15 is 0 Å². The maximum absolute atomic E-state index is 12.1. The van der Waals surface area contributed by atoms with Crippen LogP contribution < -0.4 is 11.5 Å². The summed E-state index contributed by atoms with van der Waals surface area (Å²) in [4.78, 5) is 4.19. The van der Waals surface area contributed by atoms with E-state index in [1.165, 1.54) is 12.1 Å². The molecule has 0 saturated carbocycles. The Kier molecular flexibility index (Phi) is 10.4. The number of nitrogens with two attached hydrogens (primary N) is 2. The molecule has 0 aliphatic rings. The number of guanidine groups is 1. The van der Waals surface area contributed by atoms with E-state index in [0.29, 0.717) is 25.3 Å². The minimum atomic E-state index is -3.75. The van der Waals surface area contributed by atoms with Gasteiger partial charge in [0.15, 0.2) is 5.96 Å². The summed E-state index contributed by atoms with van der Waals surface area (Å²) in [5.74, 6) is 0.985. The second kappa shape index (κ2) is 12.0. The number of benzene rings is 1. The molecule has 162 valence electrons. The third kappa shape index (κ3) is 9.47. The van der Waals surface area contributed by atoms with E-state index in [2.05, 4.69) is 34.8 Å². The van der Waals surface area contributed by atoms with Crippen LogP contribution in [0.3, 0.4) is 0 Å². The summed E-state index contributed by atoms with van der Waals surface area (Å²) in [6, 6.07) is 6.53. The average Bonchev–Trinajstić information content (AvgIpc) is 2.64. The molecule has 0 aliphatic carbocycles.